The normalized spacial score (nSPS) is 11.0. The maximum absolute atomic E-state index is 12.5. The highest BCUT2D eigenvalue weighted by Crippen LogP contribution is 2.30. The minimum Gasteiger partial charge on any atom is -0.200 e. The first-order valence-corrected chi connectivity index (χ1v) is 9.12. The van der Waals surface area contributed by atoms with Crippen molar-refractivity contribution in [2.45, 2.75) is 4.90 Å². The molecule has 1 aromatic heterocycles. The molecule has 24 heavy (non-hydrogen) atoms. The molecule has 3 rings (SSSR count). The Morgan fingerprint density at radius 3 is 2.21 bits per heavy atom. The quantitative estimate of drug-likeness (QED) is 0.725. The molecule has 2 aromatic carbocycles. The van der Waals surface area contributed by atoms with Gasteiger partial charge >= 0.3 is 0 Å². The van der Waals surface area contributed by atoms with Crippen molar-refractivity contribution in [1.29, 1.82) is 5.26 Å². The molecular formula is C16H11BrN4O2S. The highest BCUT2D eigenvalue weighted by atomic mass is 79.9. The molecule has 0 fully saturated rings. The van der Waals surface area contributed by atoms with Crippen LogP contribution in [0.15, 0.2) is 70.0 Å². The molecule has 0 aliphatic heterocycles. The van der Waals surface area contributed by atoms with Crippen LogP contribution in [0.2, 0.25) is 0 Å². The van der Waals surface area contributed by atoms with Gasteiger partial charge in [0.1, 0.15) is 11.8 Å². The number of sulfonamides is 1. The molecule has 0 aliphatic carbocycles. The van der Waals surface area contributed by atoms with E-state index >= 15 is 0 Å². The number of aromatic nitrogens is 2. The van der Waals surface area contributed by atoms with Gasteiger partial charge in [-0.3, -0.25) is 0 Å². The summed E-state index contributed by atoms with van der Waals surface area (Å²) in [5.41, 5.74) is 1.26. The lowest BCUT2D eigenvalue weighted by Crippen LogP contribution is -2.25. The minimum absolute atomic E-state index is 0.0876. The van der Waals surface area contributed by atoms with E-state index in [4.69, 9.17) is 0 Å². The Bertz CT molecular complexity index is 1010. The van der Waals surface area contributed by atoms with Gasteiger partial charge in [0.2, 0.25) is 0 Å². The fourth-order valence-corrected chi connectivity index (χ4v) is 3.69. The van der Waals surface area contributed by atoms with Gasteiger partial charge in [-0.1, -0.05) is 48.5 Å². The Kier molecular flexibility index (Phi) is 4.38. The van der Waals surface area contributed by atoms with Crippen LogP contribution in [0.25, 0.3) is 11.3 Å². The van der Waals surface area contributed by atoms with E-state index in [-0.39, 0.29) is 10.6 Å². The minimum atomic E-state index is -3.84. The first-order valence-electron chi connectivity index (χ1n) is 6.85. The van der Waals surface area contributed by atoms with Crippen molar-refractivity contribution in [1.82, 2.24) is 9.89 Å². The molecule has 1 heterocycles. The van der Waals surface area contributed by atoms with Gasteiger partial charge in [0.25, 0.3) is 10.0 Å². The molecule has 8 heteroatoms. The van der Waals surface area contributed by atoms with Crippen LogP contribution in [-0.2, 0) is 10.0 Å². The molecule has 0 radical (unpaired) electrons. The maximum Gasteiger partial charge on any atom is 0.276 e. The van der Waals surface area contributed by atoms with Gasteiger partial charge in [-0.15, -0.1) is 5.10 Å². The van der Waals surface area contributed by atoms with Crippen molar-refractivity contribution in [2.24, 2.45) is 0 Å². The lowest BCUT2D eigenvalue weighted by molar-refractivity contribution is 0.592. The van der Waals surface area contributed by atoms with Crippen LogP contribution in [0.1, 0.15) is 5.69 Å². The van der Waals surface area contributed by atoms with Crippen molar-refractivity contribution in [3.05, 3.63) is 70.8 Å². The van der Waals surface area contributed by atoms with Gasteiger partial charge in [-0.25, -0.2) is 0 Å². The number of hydrogen-bond acceptors (Lipinski definition) is 4. The average molecular weight is 403 g/mol. The van der Waals surface area contributed by atoms with E-state index in [2.05, 4.69) is 25.9 Å². The number of rotatable bonds is 4. The summed E-state index contributed by atoms with van der Waals surface area (Å²) in [7, 11) is -3.84. The summed E-state index contributed by atoms with van der Waals surface area (Å²) in [6.07, 6.45) is 0. The monoisotopic (exact) mass is 402 g/mol. The van der Waals surface area contributed by atoms with Gasteiger partial charge < -0.3 is 0 Å². The zero-order valence-corrected chi connectivity index (χ0v) is 14.6. The summed E-state index contributed by atoms with van der Waals surface area (Å²) in [4.78, 5) is 3.60. The third-order valence-corrected chi connectivity index (χ3v) is 5.30. The summed E-state index contributed by atoms with van der Waals surface area (Å²) < 4.78 is 25.5. The van der Waals surface area contributed by atoms with E-state index in [0.717, 1.165) is 4.79 Å². The second-order valence-corrected chi connectivity index (χ2v) is 7.26. The molecule has 0 atom stereocenters. The maximum atomic E-state index is 12.5. The summed E-state index contributed by atoms with van der Waals surface area (Å²) in [5.74, 6) is 0. The standard InChI is InChI=1S/C16H11BrN4O2S/c17-15-14(11-18)19-21(16(15)12-7-3-1-4-8-12)20-24(22,23)13-9-5-2-6-10-13/h1-10,20H. The van der Waals surface area contributed by atoms with E-state index in [1.54, 1.807) is 30.3 Å². The number of halogens is 1. The zero-order chi connectivity index (χ0) is 17.2. The van der Waals surface area contributed by atoms with Gasteiger partial charge in [0.05, 0.1) is 9.37 Å². The molecule has 3 aromatic rings. The fourth-order valence-electron chi connectivity index (χ4n) is 2.15. The largest absolute Gasteiger partial charge is 0.276 e. The summed E-state index contributed by atoms with van der Waals surface area (Å²) in [5, 5.41) is 13.2. The molecule has 6 nitrogen and oxygen atoms in total. The zero-order valence-electron chi connectivity index (χ0n) is 12.2. The Labute approximate surface area is 147 Å². The van der Waals surface area contributed by atoms with Crippen molar-refractivity contribution >= 4 is 26.0 Å². The molecule has 1 N–H and O–H groups in total. The van der Waals surface area contributed by atoms with E-state index in [0.29, 0.717) is 15.7 Å². The molecule has 0 saturated carbocycles. The molecule has 0 unspecified atom stereocenters. The lowest BCUT2D eigenvalue weighted by atomic mass is 10.1. The number of nitrogens with one attached hydrogen (secondary N) is 1. The topological polar surface area (TPSA) is 87.8 Å². The van der Waals surface area contributed by atoms with Crippen molar-refractivity contribution < 1.29 is 8.42 Å². The first-order chi connectivity index (χ1) is 11.5. The number of nitriles is 1. The number of benzene rings is 2. The average Bonchev–Trinajstić information content (AvgIpc) is 2.91. The van der Waals surface area contributed by atoms with E-state index in [9.17, 15) is 13.7 Å². The van der Waals surface area contributed by atoms with E-state index < -0.39 is 10.0 Å². The SMILES string of the molecule is N#Cc1nn(NS(=O)(=O)c2ccccc2)c(-c2ccccc2)c1Br. The Morgan fingerprint density at radius 1 is 1.04 bits per heavy atom. The molecule has 0 saturated heterocycles. The van der Waals surface area contributed by atoms with Crippen LogP contribution in [-0.4, -0.2) is 18.3 Å². The van der Waals surface area contributed by atoms with Crippen molar-refractivity contribution in [2.75, 3.05) is 4.83 Å². The molecule has 0 amide bonds. The van der Waals surface area contributed by atoms with Crippen molar-refractivity contribution in [3.63, 3.8) is 0 Å². The van der Waals surface area contributed by atoms with Crippen LogP contribution in [0.5, 0.6) is 0 Å². The third kappa shape index (κ3) is 3.04. The Hall–Kier alpha value is -2.63. The summed E-state index contributed by atoms with van der Waals surface area (Å²) in [6, 6.07) is 19.0. The van der Waals surface area contributed by atoms with Gasteiger partial charge in [0, 0.05) is 5.56 Å². The van der Waals surface area contributed by atoms with Gasteiger partial charge in [-0.05, 0) is 28.1 Å². The lowest BCUT2D eigenvalue weighted by Gasteiger charge is -2.11. The third-order valence-electron chi connectivity index (χ3n) is 3.24. The highest BCUT2D eigenvalue weighted by molar-refractivity contribution is 9.10. The van der Waals surface area contributed by atoms with Crippen molar-refractivity contribution in [3.8, 4) is 17.3 Å². The Balaban J connectivity index is 2.11. The predicted octanol–water partition coefficient (Wildman–Crippen LogP) is 3.12. The second kappa shape index (κ2) is 6.47. The van der Waals surface area contributed by atoms with Crippen LogP contribution >= 0.6 is 15.9 Å². The highest BCUT2D eigenvalue weighted by Gasteiger charge is 2.22. The number of nitrogens with zero attached hydrogens (tertiary/aromatic N) is 3. The molecule has 0 bridgehead atoms. The van der Waals surface area contributed by atoms with Crippen LogP contribution in [0.4, 0.5) is 0 Å². The summed E-state index contributed by atoms with van der Waals surface area (Å²) in [6.45, 7) is 0. The van der Waals surface area contributed by atoms with E-state index in [1.165, 1.54) is 12.1 Å². The van der Waals surface area contributed by atoms with Gasteiger partial charge in [-0.2, -0.15) is 23.3 Å². The fraction of sp³-hybridized carbons (Fsp3) is 0. The molecule has 0 spiro atoms. The Morgan fingerprint density at radius 2 is 1.62 bits per heavy atom. The molecule has 0 aliphatic rings. The van der Waals surface area contributed by atoms with Crippen LogP contribution in [0, 0.1) is 11.3 Å². The van der Waals surface area contributed by atoms with Crippen LogP contribution in [0.3, 0.4) is 0 Å². The first kappa shape index (κ1) is 16.2. The molecular weight excluding hydrogens is 392 g/mol. The second-order valence-electron chi connectivity index (χ2n) is 4.81. The van der Waals surface area contributed by atoms with Gasteiger partial charge in [0.15, 0.2) is 5.69 Å². The van der Waals surface area contributed by atoms with E-state index in [1.807, 2.05) is 24.3 Å². The smallest absolute Gasteiger partial charge is 0.200 e. The number of hydrogen-bond donors (Lipinski definition) is 1. The van der Waals surface area contributed by atoms with Crippen LogP contribution < -0.4 is 4.83 Å². The predicted molar refractivity (Wildman–Crippen MR) is 93.1 cm³/mol. The molecule has 120 valence electrons. The summed E-state index contributed by atoms with van der Waals surface area (Å²) >= 11 is 3.32.